The highest BCUT2D eigenvalue weighted by molar-refractivity contribution is 5.79. The summed E-state index contributed by atoms with van der Waals surface area (Å²) in [6.45, 7) is 0. The molecule has 0 saturated carbocycles. The molecule has 6 nitrogen and oxygen atoms in total. The maximum absolute atomic E-state index is 12.7. The van der Waals surface area contributed by atoms with Gasteiger partial charge in [-0.3, -0.25) is 4.79 Å². The second-order valence-corrected chi connectivity index (χ2v) is 3.80. The second kappa shape index (κ2) is 4.92. The second-order valence-electron chi connectivity index (χ2n) is 3.80. The van der Waals surface area contributed by atoms with Gasteiger partial charge in [0.05, 0.1) is 17.9 Å². The summed E-state index contributed by atoms with van der Waals surface area (Å²) in [6, 6.07) is 3.72. The Bertz CT molecular complexity index is 551. The third-order valence-electron chi connectivity index (χ3n) is 2.39. The molecule has 2 heterocycles. The number of rotatable bonds is 4. The molecular formula is C11H12FN5O. The molecule has 0 aromatic carbocycles. The first kappa shape index (κ1) is 12.2. The van der Waals surface area contributed by atoms with E-state index in [9.17, 15) is 9.18 Å². The van der Waals surface area contributed by atoms with Crippen molar-refractivity contribution in [3.05, 3.63) is 42.1 Å². The normalized spacial score (nSPS) is 12.3. The minimum atomic E-state index is -0.769. The van der Waals surface area contributed by atoms with Crippen molar-refractivity contribution in [3.8, 4) is 5.82 Å². The van der Waals surface area contributed by atoms with Crippen molar-refractivity contribution in [2.24, 2.45) is 11.5 Å². The standard InChI is InChI=1S/C11H12FN5O/c12-7-1-2-10(15-6-7)17-4-3-8(16-17)5-9(13)11(14)18/h1-4,6,9H,5,13H2,(H2,14,18). The number of nitrogens with zero attached hydrogens (tertiary/aromatic N) is 3. The van der Waals surface area contributed by atoms with Gasteiger partial charge in [0.2, 0.25) is 5.91 Å². The average Bonchev–Trinajstić information content (AvgIpc) is 2.78. The summed E-state index contributed by atoms with van der Waals surface area (Å²) in [5.41, 5.74) is 11.2. The van der Waals surface area contributed by atoms with Crippen LogP contribution in [0.1, 0.15) is 5.69 Å². The summed E-state index contributed by atoms with van der Waals surface area (Å²) in [4.78, 5) is 14.7. The lowest BCUT2D eigenvalue weighted by Crippen LogP contribution is -2.38. The van der Waals surface area contributed by atoms with Crippen LogP contribution in [0.3, 0.4) is 0 Å². The smallest absolute Gasteiger partial charge is 0.234 e. The predicted molar refractivity (Wildman–Crippen MR) is 62.2 cm³/mol. The highest BCUT2D eigenvalue weighted by Crippen LogP contribution is 2.06. The number of pyridine rings is 1. The SMILES string of the molecule is NC(=O)C(N)Cc1ccn(-c2ccc(F)cn2)n1. The first-order valence-corrected chi connectivity index (χ1v) is 5.27. The quantitative estimate of drug-likeness (QED) is 0.781. The van der Waals surface area contributed by atoms with E-state index < -0.39 is 17.8 Å². The number of primary amides is 1. The van der Waals surface area contributed by atoms with Crippen LogP contribution in [0.2, 0.25) is 0 Å². The number of amides is 1. The van der Waals surface area contributed by atoms with Crippen LogP contribution in [-0.4, -0.2) is 26.7 Å². The van der Waals surface area contributed by atoms with Gasteiger partial charge in [-0.15, -0.1) is 0 Å². The first-order valence-electron chi connectivity index (χ1n) is 5.27. The molecule has 2 aromatic heterocycles. The number of nitrogens with two attached hydrogens (primary N) is 2. The Morgan fingerprint density at radius 2 is 2.22 bits per heavy atom. The summed E-state index contributed by atoms with van der Waals surface area (Å²) in [6.07, 6.45) is 3.01. The van der Waals surface area contributed by atoms with Gasteiger partial charge in [0.1, 0.15) is 5.82 Å². The molecule has 0 saturated heterocycles. The molecular weight excluding hydrogens is 237 g/mol. The van der Waals surface area contributed by atoms with Gasteiger partial charge in [-0.25, -0.2) is 14.1 Å². The Labute approximate surface area is 102 Å². The molecule has 18 heavy (non-hydrogen) atoms. The lowest BCUT2D eigenvalue weighted by Gasteiger charge is -2.04. The number of carbonyl (C=O) groups is 1. The molecule has 7 heteroatoms. The third kappa shape index (κ3) is 2.69. The molecule has 2 aromatic rings. The number of aromatic nitrogens is 3. The summed E-state index contributed by atoms with van der Waals surface area (Å²) in [5, 5.41) is 4.18. The lowest BCUT2D eigenvalue weighted by atomic mass is 10.1. The summed E-state index contributed by atoms with van der Waals surface area (Å²) in [7, 11) is 0. The minimum absolute atomic E-state index is 0.254. The molecule has 1 atom stereocenters. The summed E-state index contributed by atoms with van der Waals surface area (Å²) in [5.74, 6) is -0.512. The van der Waals surface area contributed by atoms with Gasteiger partial charge in [-0.2, -0.15) is 5.10 Å². The van der Waals surface area contributed by atoms with E-state index in [4.69, 9.17) is 11.5 Å². The summed E-state index contributed by atoms with van der Waals surface area (Å²) < 4.78 is 14.2. The van der Waals surface area contributed by atoms with Gasteiger partial charge in [0, 0.05) is 12.6 Å². The van der Waals surface area contributed by atoms with Gasteiger partial charge in [0.15, 0.2) is 5.82 Å². The molecule has 0 radical (unpaired) electrons. The third-order valence-corrected chi connectivity index (χ3v) is 2.39. The van der Waals surface area contributed by atoms with Crippen molar-refractivity contribution in [1.29, 1.82) is 0 Å². The number of hydrogen-bond donors (Lipinski definition) is 2. The predicted octanol–water partition coefficient (Wildman–Crippen LogP) is -0.238. The molecule has 0 aliphatic carbocycles. The molecule has 0 spiro atoms. The molecule has 0 bridgehead atoms. The first-order chi connectivity index (χ1) is 8.56. The van der Waals surface area contributed by atoms with Crippen molar-refractivity contribution in [3.63, 3.8) is 0 Å². The molecule has 0 fully saturated rings. The number of halogens is 1. The topological polar surface area (TPSA) is 99.8 Å². The van der Waals surface area contributed by atoms with Crippen LogP contribution in [0.4, 0.5) is 4.39 Å². The Kier molecular flexibility index (Phi) is 3.33. The highest BCUT2D eigenvalue weighted by Gasteiger charge is 2.12. The van der Waals surface area contributed by atoms with Crippen LogP contribution in [0, 0.1) is 5.82 Å². The van der Waals surface area contributed by atoms with Gasteiger partial charge < -0.3 is 11.5 Å². The van der Waals surface area contributed by atoms with Crippen molar-refractivity contribution >= 4 is 5.91 Å². The van der Waals surface area contributed by atoms with Crippen LogP contribution in [0.15, 0.2) is 30.6 Å². The summed E-state index contributed by atoms with van der Waals surface area (Å²) >= 11 is 0. The zero-order chi connectivity index (χ0) is 13.1. The van der Waals surface area contributed by atoms with Crippen LogP contribution in [0.5, 0.6) is 0 Å². The molecule has 4 N–H and O–H groups in total. The lowest BCUT2D eigenvalue weighted by molar-refractivity contribution is -0.119. The van der Waals surface area contributed by atoms with E-state index in [1.807, 2.05) is 0 Å². The molecule has 0 aliphatic heterocycles. The molecule has 2 rings (SSSR count). The molecule has 94 valence electrons. The van der Waals surface area contributed by atoms with E-state index >= 15 is 0 Å². The van der Waals surface area contributed by atoms with Gasteiger partial charge >= 0.3 is 0 Å². The monoisotopic (exact) mass is 249 g/mol. The van der Waals surface area contributed by atoms with Crippen LogP contribution < -0.4 is 11.5 Å². The maximum Gasteiger partial charge on any atom is 0.234 e. The van der Waals surface area contributed by atoms with E-state index in [0.717, 1.165) is 6.20 Å². The minimum Gasteiger partial charge on any atom is -0.368 e. The van der Waals surface area contributed by atoms with Crippen molar-refractivity contribution in [1.82, 2.24) is 14.8 Å². The zero-order valence-corrected chi connectivity index (χ0v) is 9.45. The van der Waals surface area contributed by atoms with Crippen molar-refractivity contribution < 1.29 is 9.18 Å². The van der Waals surface area contributed by atoms with E-state index in [1.54, 1.807) is 12.3 Å². The average molecular weight is 249 g/mol. The fourth-order valence-electron chi connectivity index (χ4n) is 1.43. The highest BCUT2D eigenvalue weighted by atomic mass is 19.1. The van der Waals surface area contributed by atoms with Gasteiger partial charge in [0.25, 0.3) is 0 Å². The Balaban J connectivity index is 2.15. The van der Waals surface area contributed by atoms with Crippen molar-refractivity contribution in [2.45, 2.75) is 12.5 Å². The Morgan fingerprint density at radius 3 is 2.83 bits per heavy atom. The van der Waals surface area contributed by atoms with Crippen LogP contribution in [-0.2, 0) is 11.2 Å². The number of carbonyl (C=O) groups excluding carboxylic acids is 1. The fourth-order valence-corrected chi connectivity index (χ4v) is 1.43. The zero-order valence-electron chi connectivity index (χ0n) is 9.45. The maximum atomic E-state index is 12.7. The van der Waals surface area contributed by atoms with Gasteiger partial charge in [-0.1, -0.05) is 0 Å². The van der Waals surface area contributed by atoms with Gasteiger partial charge in [-0.05, 0) is 18.2 Å². The Hall–Kier alpha value is -2.28. The van der Waals surface area contributed by atoms with Crippen LogP contribution >= 0.6 is 0 Å². The van der Waals surface area contributed by atoms with E-state index in [0.29, 0.717) is 11.5 Å². The Morgan fingerprint density at radius 1 is 1.44 bits per heavy atom. The van der Waals surface area contributed by atoms with E-state index in [-0.39, 0.29) is 6.42 Å². The largest absolute Gasteiger partial charge is 0.368 e. The van der Waals surface area contributed by atoms with Crippen LogP contribution in [0.25, 0.3) is 5.82 Å². The molecule has 1 unspecified atom stereocenters. The van der Waals surface area contributed by atoms with Crippen molar-refractivity contribution in [2.75, 3.05) is 0 Å². The molecule has 1 amide bonds. The van der Waals surface area contributed by atoms with E-state index in [1.165, 1.54) is 16.8 Å². The van der Waals surface area contributed by atoms with E-state index in [2.05, 4.69) is 10.1 Å². The number of hydrogen-bond acceptors (Lipinski definition) is 4. The molecule has 0 aliphatic rings. The fraction of sp³-hybridized carbons (Fsp3) is 0.182.